The van der Waals surface area contributed by atoms with Gasteiger partial charge in [0.1, 0.15) is 10.7 Å². The lowest BCUT2D eigenvalue weighted by Crippen LogP contribution is -2.00. The molecular formula is C6H7ClN2O2S. The van der Waals surface area contributed by atoms with Crippen molar-refractivity contribution in [1.82, 2.24) is 9.97 Å². The summed E-state index contributed by atoms with van der Waals surface area (Å²) in [6.45, 7) is 3.25. The predicted octanol–water partition coefficient (Wildman–Crippen LogP) is 1.02. The van der Waals surface area contributed by atoms with E-state index in [1.807, 2.05) is 0 Å². The van der Waals surface area contributed by atoms with Gasteiger partial charge in [0.25, 0.3) is 9.05 Å². The van der Waals surface area contributed by atoms with Crippen molar-refractivity contribution in [2.45, 2.75) is 18.7 Å². The van der Waals surface area contributed by atoms with Crippen LogP contribution in [0.3, 0.4) is 0 Å². The summed E-state index contributed by atoms with van der Waals surface area (Å²) in [7, 11) is 1.41. The van der Waals surface area contributed by atoms with E-state index in [1.165, 1.54) is 6.20 Å². The Morgan fingerprint density at radius 2 is 2.00 bits per heavy atom. The first-order valence-electron chi connectivity index (χ1n) is 3.16. The van der Waals surface area contributed by atoms with Crippen LogP contribution in [-0.2, 0) is 9.05 Å². The van der Waals surface area contributed by atoms with Crippen LogP contribution in [0.5, 0.6) is 0 Å². The third-order valence-electron chi connectivity index (χ3n) is 1.32. The van der Waals surface area contributed by atoms with Gasteiger partial charge in [0.15, 0.2) is 0 Å². The second-order valence-corrected chi connectivity index (χ2v) is 4.84. The van der Waals surface area contributed by atoms with E-state index in [1.54, 1.807) is 13.8 Å². The number of nitrogens with zero attached hydrogens (tertiary/aromatic N) is 2. The molecule has 0 aliphatic rings. The summed E-state index contributed by atoms with van der Waals surface area (Å²) in [6.07, 6.45) is 1.21. The van der Waals surface area contributed by atoms with Crippen LogP contribution in [0.1, 0.15) is 11.5 Å². The molecule has 0 saturated carbocycles. The first kappa shape index (κ1) is 9.41. The molecule has 1 rings (SSSR count). The zero-order chi connectivity index (χ0) is 9.35. The van der Waals surface area contributed by atoms with Crippen molar-refractivity contribution in [3.63, 3.8) is 0 Å². The van der Waals surface area contributed by atoms with Gasteiger partial charge >= 0.3 is 0 Å². The molecule has 0 aliphatic heterocycles. The molecule has 0 atom stereocenters. The summed E-state index contributed by atoms with van der Waals surface area (Å²) < 4.78 is 21.7. The Hall–Kier alpha value is -0.680. The fourth-order valence-corrected chi connectivity index (χ4v) is 1.84. The van der Waals surface area contributed by atoms with Crippen LogP contribution in [0.25, 0.3) is 0 Å². The molecule has 1 heterocycles. The maximum absolute atomic E-state index is 10.9. The summed E-state index contributed by atoms with van der Waals surface area (Å²) in [6, 6.07) is 0. The highest BCUT2D eigenvalue weighted by Gasteiger charge is 2.14. The summed E-state index contributed by atoms with van der Waals surface area (Å²) in [5.74, 6) is 0.525. The maximum atomic E-state index is 10.9. The van der Waals surface area contributed by atoms with Crippen molar-refractivity contribution in [2.75, 3.05) is 0 Å². The molecule has 0 saturated heterocycles. The van der Waals surface area contributed by atoms with Gasteiger partial charge in [0.05, 0.1) is 11.9 Å². The van der Waals surface area contributed by atoms with Gasteiger partial charge in [-0.05, 0) is 13.8 Å². The number of hydrogen-bond acceptors (Lipinski definition) is 4. The van der Waals surface area contributed by atoms with Gasteiger partial charge in [0, 0.05) is 10.7 Å². The molecule has 0 fully saturated rings. The SMILES string of the molecule is Cc1ncc(S(=O)(=O)Cl)c(C)n1. The Kier molecular flexibility index (Phi) is 2.34. The average molecular weight is 207 g/mol. The van der Waals surface area contributed by atoms with E-state index in [-0.39, 0.29) is 4.90 Å². The van der Waals surface area contributed by atoms with E-state index in [2.05, 4.69) is 9.97 Å². The van der Waals surface area contributed by atoms with Crippen molar-refractivity contribution in [1.29, 1.82) is 0 Å². The smallest absolute Gasteiger partial charge is 0.240 e. The number of halogens is 1. The van der Waals surface area contributed by atoms with Crippen molar-refractivity contribution < 1.29 is 8.42 Å². The second-order valence-electron chi connectivity index (χ2n) is 2.30. The van der Waals surface area contributed by atoms with Crippen molar-refractivity contribution in [3.8, 4) is 0 Å². The Morgan fingerprint density at radius 1 is 1.42 bits per heavy atom. The highest BCUT2D eigenvalue weighted by Crippen LogP contribution is 2.16. The molecule has 0 spiro atoms. The molecule has 0 N–H and O–H groups in total. The summed E-state index contributed by atoms with van der Waals surface area (Å²) in [5.41, 5.74) is 0.373. The van der Waals surface area contributed by atoms with Gasteiger partial charge < -0.3 is 0 Å². The third-order valence-corrected chi connectivity index (χ3v) is 2.74. The fourth-order valence-electron chi connectivity index (χ4n) is 0.812. The largest absolute Gasteiger partial charge is 0.264 e. The first-order chi connectivity index (χ1) is 5.41. The van der Waals surface area contributed by atoms with Gasteiger partial charge in [-0.15, -0.1) is 0 Å². The van der Waals surface area contributed by atoms with Crippen LogP contribution in [0, 0.1) is 13.8 Å². The molecule has 0 unspecified atom stereocenters. The van der Waals surface area contributed by atoms with Crippen molar-refractivity contribution >= 4 is 19.7 Å². The highest BCUT2D eigenvalue weighted by molar-refractivity contribution is 8.13. The lowest BCUT2D eigenvalue weighted by Gasteiger charge is -1.99. The van der Waals surface area contributed by atoms with E-state index < -0.39 is 9.05 Å². The van der Waals surface area contributed by atoms with Gasteiger partial charge in [-0.1, -0.05) is 0 Å². The Bertz CT molecular complexity index is 402. The van der Waals surface area contributed by atoms with Gasteiger partial charge in [-0.2, -0.15) is 0 Å². The molecule has 0 radical (unpaired) electrons. The van der Waals surface area contributed by atoms with E-state index in [0.29, 0.717) is 11.5 Å². The molecular weight excluding hydrogens is 200 g/mol. The lowest BCUT2D eigenvalue weighted by molar-refractivity contribution is 0.607. The Morgan fingerprint density at radius 3 is 2.42 bits per heavy atom. The van der Waals surface area contributed by atoms with Crippen LogP contribution in [-0.4, -0.2) is 18.4 Å². The monoisotopic (exact) mass is 206 g/mol. The van der Waals surface area contributed by atoms with Crippen molar-refractivity contribution in [2.24, 2.45) is 0 Å². The van der Waals surface area contributed by atoms with Crippen molar-refractivity contribution in [3.05, 3.63) is 17.7 Å². The Balaban J connectivity index is 3.39. The zero-order valence-corrected chi connectivity index (χ0v) is 8.15. The van der Waals surface area contributed by atoms with Gasteiger partial charge in [0.2, 0.25) is 0 Å². The third kappa shape index (κ3) is 1.92. The number of rotatable bonds is 1. The maximum Gasteiger partial charge on any atom is 0.264 e. The number of hydrogen-bond donors (Lipinski definition) is 0. The quantitative estimate of drug-likeness (QED) is 0.644. The molecule has 1 aromatic rings. The molecule has 66 valence electrons. The van der Waals surface area contributed by atoms with Gasteiger partial charge in [-0.25, -0.2) is 18.4 Å². The minimum Gasteiger partial charge on any atom is -0.240 e. The topological polar surface area (TPSA) is 59.9 Å². The summed E-state index contributed by atoms with van der Waals surface area (Å²) in [4.78, 5) is 7.56. The van der Waals surface area contributed by atoms with Crippen LogP contribution in [0.4, 0.5) is 0 Å². The number of aromatic nitrogens is 2. The van der Waals surface area contributed by atoms with E-state index in [4.69, 9.17) is 10.7 Å². The van der Waals surface area contributed by atoms with E-state index in [9.17, 15) is 8.42 Å². The fraction of sp³-hybridized carbons (Fsp3) is 0.333. The normalized spacial score (nSPS) is 11.6. The number of aryl methyl sites for hydroxylation is 2. The zero-order valence-electron chi connectivity index (χ0n) is 6.57. The Labute approximate surface area is 75.0 Å². The minimum atomic E-state index is -3.70. The van der Waals surface area contributed by atoms with E-state index >= 15 is 0 Å². The summed E-state index contributed by atoms with van der Waals surface area (Å²) >= 11 is 0. The average Bonchev–Trinajstić information content (AvgIpc) is 1.83. The first-order valence-corrected chi connectivity index (χ1v) is 5.47. The van der Waals surface area contributed by atoms with Crippen LogP contribution in [0.2, 0.25) is 0 Å². The molecule has 0 bridgehead atoms. The lowest BCUT2D eigenvalue weighted by atomic mass is 10.4. The molecule has 4 nitrogen and oxygen atoms in total. The van der Waals surface area contributed by atoms with Gasteiger partial charge in [-0.3, -0.25) is 0 Å². The molecule has 6 heteroatoms. The second kappa shape index (κ2) is 2.99. The molecule has 1 aromatic heterocycles. The summed E-state index contributed by atoms with van der Waals surface area (Å²) in [5, 5.41) is 0. The van der Waals surface area contributed by atoms with E-state index in [0.717, 1.165) is 0 Å². The van der Waals surface area contributed by atoms with Crippen LogP contribution < -0.4 is 0 Å². The predicted molar refractivity (Wildman–Crippen MR) is 44.5 cm³/mol. The molecule has 12 heavy (non-hydrogen) atoms. The van der Waals surface area contributed by atoms with Crippen LogP contribution >= 0.6 is 10.7 Å². The molecule has 0 amide bonds. The molecule has 0 aromatic carbocycles. The minimum absolute atomic E-state index is 0.0326. The standard InChI is InChI=1S/C6H7ClN2O2S/c1-4-6(12(7,10)11)3-8-5(2)9-4/h3H,1-2H3. The highest BCUT2D eigenvalue weighted by atomic mass is 35.7. The molecule has 0 aliphatic carbocycles. The van der Waals surface area contributed by atoms with Crippen LogP contribution in [0.15, 0.2) is 11.1 Å².